The van der Waals surface area contributed by atoms with E-state index in [1.165, 1.54) is 19.6 Å². The maximum Gasteiger partial charge on any atom is 0.332 e. The molecule has 2 aliphatic rings. The van der Waals surface area contributed by atoms with E-state index in [1.807, 2.05) is 0 Å². The highest BCUT2D eigenvalue weighted by atomic mass is 35.5. The van der Waals surface area contributed by atoms with Crippen LogP contribution < -0.4 is 9.64 Å². The van der Waals surface area contributed by atoms with Gasteiger partial charge in [-0.05, 0) is 39.4 Å². The summed E-state index contributed by atoms with van der Waals surface area (Å²) >= 11 is 6.28. The third-order valence-corrected chi connectivity index (χ3v) is 5.61. The number of pyridine rings is 1. The van der Waals surface area contributed by atoms with Gasteiger partial charge in [0, 0.05) is 38.3 Å². The summed E-state index contributed by atoms with van der Waals surface area (Å²) in [6.07, 6.45) is 3.30. The molecule has 0 N–H and O–H groups in total. The largest absolute Gasteiger partial charge is 0.476 e. The fraction of sp³-hybridized carbons (Fsp3) is 0.706. The second-order valence-corrected chi connectivity index (χ2v) is 7.40. The second kappa shape index (κ2) is 8.37. The molecule has 0 amide bonds. The van der Waals surface area contributed by atoms with Crippen molar-refractivity contribution >= 4 is 23.1 Å². The van der Waals surface area contributed by atoms with Crippen molar-refractivity contribution in [3.63, 3.8) is 0 Å². The molecule has 0 aromatic carbocycles. The van der Waals surface area contributed by atoms with Crippen molar-refractivity contribution in [1.82, 2.24) is 14.8 Å². The van der Waals surface area contributed by atoms with E-state index in [1.54, 1.807) is 0 Å². The van der Waals surface area contributed by atoms with Crippen LogP contribution in [0.15, 0.2) is 6.07 Å². The fourth-order valence-corrected chi connectivity index (χ4v) is 4.10. The Balaban J connectivity index is 1.67. The number of methoxy groups -OCH3 is 1. The van der Waals surface area contributed by atoms with E-state index in [0.29, 0.717) is 16.9 Å². The maximum atomic E-state index is 11.1. The van der Waals surface area contributed by atoms with Crippen LogP contribution in [0.3, 0.4) is 0 Å². The fourth-order valence-electron chi connectivity index (χ4n) is 3.83. The van der Waals surface area contributed by atoms with Gasteiger partial charge in [-0.2, -0.15) is 4.98 Å². The molecule has 2 saturated heterocycles. The van der Waals surface area contributed by atoms with E-state index >= 15 is 0 Å². The third-order valence-electron chi connectivity index (χ3n) is 5.33. The SMILES string of the molecule is COc1nc(N2CCC(N3CCCN(C)CC3)CC2)c(Cl)cc1[N+](=O)[O-]. The predicted octanol–water partition coefficient (Wildman–Crippen LogP) is 2.26. The number of hydrogen-bond donors (Lipinski definition) is 0. The number of likely N-dealkylation sites (N-methyl/N-ethyl adjacent to an activating group) is 1. The Kier molecular flexibility index (Phi) is 6.16. The number of nitrogens with zero attached hydrogens (tertiary/aromatic N) is 5. The number of halogens is 1. The summed E-state index contributed by atoms with van der Waals surface area (Å²) < 4.78 is 5.08. The van der Waals surface area contributed by atoms with Gasteiger partial charge < -0.3 is 14.5 Å². The van der Waals surface area contributed by atoms with Gasteiger partial charge in [-0.25, -0.2) is 0 Å². The highest BCUT2D eigenvalue weighted by Gasteiger charge is 2.29. The number of ether oxygens (including phenoxy) is 1. The summed E-state index contributed by atoms with van der Waals surface area (Å²) in [6, 6.07) is 1.91. The highest BCUT2D eigenvalue weighted by Crippen LogP contribution is 2.35. The summed E-state index contributed by atoms with van der Waals surface area (Å²) in [4.78, 5) is 22.0. The molecule has 2 aliphatic heterocycles. The number of anilines is 1. The molecule has 0 aliphatic carbocycles. The lowest BCUT2D eigenvalue weighted by Crippen LogP contribution is -2.46. The van der Waals surface area contributed by atoms with Crippen LogP contribution in [0.5, 0.6) is 5.88 Å². The van der Waals surface area contributed by atoms with Crippen molar-refractivity contribution in [2.75, 3.05) is 58.3 Å². The van der Waals surface area contributed by atoms with Crippen LogP contribution in [-0.4, -0.2) is 79.2 Å². The molecule has 26 heavy (non-hydrogen) atoms. The van der Waals surface area contributed by atoms with Crippen LogP contribution in [0.2, 0.25) is 5.02 Å². The zero-order chi connectivity index (χ0) is 18.7. The van der Waals surface area contributed by atoms with E-state index in [0.717, 1.165) is 52.1 Å². The molecular weight excluding hydrogens is 358 g/mol. The minimum absolute atomic E-state index is 0.00655. The first-order chi connectivity index (χ1) is 12.5. The predicted molar refractivity (Wildman–Crippen MR) is 101 cm³/mol. The number of piperidine rings is 1. The third kappa shape index (κ3) is 4.19. The molecule has 9 heteroatoms. The Hall–Kier alpha value is -1.64. The second-order valence-electron chi connectivity index (χ2n) is 6.99. The molecular formula is C17H26ClN5O3. The van der Waals surface area contributed by atoms with Gasteiger partial charge in [-0.15, -0.1) is 0 Å². The average molecular weight is 384 g/mol. The van der Waals surface area contributed by atoms with Crippen molar-refractivity contribution in [2.24, 2.45) is 0 Å². The first kappa shape index (κ1) is 19.1. The molecule has 0 radical (unpaired) electrons. The van der Waals surface area contributed by atoms with Crippen LogP contribution in [0.25, 0.3) is 0 Å². The van der Waals surface area contributed by atoms with Gasteiger partial charge >= 0.3 is 5.69 Å². The van der Waals surface area contributed by atoms with Crippen molar-refractivity contribution in [1.29, 1.82) is 0 Å². The minimum Gasteiger partial charge on any atom is -0.476 e. The summed E-state index contributed by atoms with van der Waals surface area (Å²) in [5.41, 5.74) is -0.204. The van der Waals surface area contributed by atoms with Crippen LogP contribution >= 0.6 is 11.6 Å². The molecule has 3 rings (SSSR count). The minimum atomic E-state index is -0.524. The molecule has 0 saturated carbocycles. The normalized spacial score (nSPS) is 20.8. The Morgan fingerprint density at radius 2 is 1.96 bits per heavy atom. The zero-order valence-corrected chi connectivity index (χ0v) is 16.1. The highest BCUT2D eigenvalue weighted by molar-refractivity contribution is 6.33. The van der Waals surface area contributed by atoms with Gasteiger partial charge in [0.05, 0.1) is 17.1 Å². The van der Waals surface area contributed by atoms with Crippen molar-refractivity contribution in [3.8, 4) is 5.88 Å². The molecule has 1 aromatic rings. The molecule has 0 bridgehead atoms. The van der Waals surface area contributed by atoms with Gasteiger partial charge in [-0.1, -0.05) is 11.6 Å². The molecule has 144 valence electrons. The van der Waals surface area contributed by atoms with Crippen LogP contribution in [0, 0.1) is 10.1 Å². The van der Waals surface area contributed by atoms with E-state index in [-0.39, 0.29) is 11.6 Å². The summed E-state index contributed by atoms with van der Waals surface area (Å²) in [5.74, 6) is 0.579. The van der Waals surface area contributed by atoms with Crippen molar-refractivity contribution < 1.29 is 9.66 Å². The Bertz CT molecular complexity index is 652. The smallest absolute Gasteiger partial charge is 0.332 e. The molecule has 0 unspecified atom stereocenters. The lowest BCUT2D eigenvalue weighted by atomic mass is 10.0. The van der Waals surface area contributed by atoms with E-state index < -0.39 is 4.92 Å². The number of aromatic nitrogens is 1. The summed E-state index contributed by atoms with van der Waals surface area (Å²) in [7, 11) is 3.57. The lowest BCUT2D eigenvalue weighted by Gasteiger charge is -2.38. The average Bonchev–Trinajstić information content (AvgIpc) is 2.86. The molecule has 0 spiro atoms. The van der Waals surface area contributed by atoms with Gasteiger partial charge in [0.15, 0.2) is 5.82 Å². The summed E-state index contributed by atoms with van der Waals surface area (Å²) in [5, 5.41) is 11.4. The number of rotatable bonds is 4. The van der Waals surface area contributed by atoms with Crippen LogP contribution in [-0.2, 0) is 0 Å². The van der Waals surface area contributed by atoms with E-state index in [4.69, 9.17) is 16.3 Å². The first-order valence-electron chi connectivity index (χ1n) is 9.06. The first-order valence-corrected chi connectivity index (χ1v) is 9.44. The molecule has 8 nitrogen and oxygen atoms in total. The van der Waals surface area contributed by atoms with Gasteiger partial charge in [0.25, 0.3) is 5.88 Å². The molecule has 3 heterocycles. The van der Waals surface area contributed by atoms with Crippen LogP contribution in [0.1, 0.15) is 19.3 Å². The van der Waals surface area contributed by atoms with Gasteiger partial charge in [0.1, 0.15) is 0 Å². The van der Waals surface area contributed by atoms with E-state index in [2.05, 4.69) is 26.7 Å². The van der Waals surface area contributed by atoms with Gasteiger partial charge in [0.2, 0.25) is 0 Å². The van der Waals surface area contributed by atoms with Crippen LogP contribution in [0.4, 0.5) is 11.5 Å². The lowest BCUT2D eigenvalue weighted by molar-refractivity contribution is -0.386. The van der Waals surface area contributed by atoms with Gasteiger partial charge in [-0.3, -0.25) is 15.0 Å². The standard InChI is InChI=1S/C17H26ClN5O3/c1-20-6-3-7-21(11-10-20)13-4-8-22(9-5-13)16-14(18)12-15(23(24)25)17(19-16)26-2/h12-13H,3-11H2,1-2H3. The number of nitro groups is 1. The Morgan fingerprint density at radius 3 is 2.62 bits per heavy atom. The summed E-state index contributed by atoms with van der Waals surface area (Å²) in [6.45, 7) is 6.23. The van der Waals surface area contributed by atoms with E-state index in [9.17, 15) is 10.1 Å². The Labute approximate surface area is 158 Å². The van der Waals surface area contributed by atoms with Crippen molar-refractivity contribution in [3.05, 3.63) is 21.2 Å². The Morgan fingerprint density at radius 1 is 1.23 bits per heavy atom. The molecule has 0 atom stereocenters. The maximum absolute atomic E-state index is 11.1. The quantitative estimate of drug-likeness (QED) is 0.583. The topological polar surface area (TPSA) is 75.0 Å². The molecule has 2 fully saturated rings. The number of hydrogen-bond acceptors (Lipinski definition) is 7. The van der Waals surface area contributed by atoms with Crippen molar-refractivity contribution in [2.45, 2.75) is 25.3 Å². The zero-order valence-electron chi connectivity index (χ0n) is 15.4. The molecule has 1 aromatic heterocycles. The monoisotopic (exact) mass is 383 g/mol.